The van der Waals surface area contributed by atoms with Crippen molar-refractivity contribution in [1.29, 1.82) is 5.26 Å². The number of hydrogen-bond acceptors (Lipinski definition) is 5. The molecule has 1 fully saturated rings. The molecule has 3 N–H and O–H groups in total. The first kappa shape index (κ1) is 19.8. The second-order valence-corrected chi connectivity index (χ2v) is 7.20. The molecule has 0 unspecified atom stereocenters. The molecular weight excluding hydrogens is 399 g/mol. The molecule has 3 aromatic heterocycles. The summed E-state index contributed by atoms with van der Waals surface area (Å²) in [5.74, 6) is 0.194. The molecule has 0 saturated heterocycles. The second-order valence-electron chi connectivity index (χ2n) is 7.20. The van der Waals surface area contributed by atoms with E-state index in [-0.39, 0.29) is 34.9 Å². The van der Waals surface area contributed by atoms with Crippen molar-refractivity contribution in [2.45, 2.75) is 43.9 Å². The lowest BCUT2D eigenvalue weighted by Crippen LogP contribution is -2.40. The number of carbonyl (C=O) groups is 1. The van der Waals surface area contributed by atoms with Crippen LogP contribution in [-0.4, -0.2) is 37.6 Å². The van der Waals surface area contributed by atoms with Gasteiger partial charge in [0.15, 0.2) is 5.69 Å². The number of nitrogens with zero attached hydrogens (tertiary/aromatic N) is 4. The molecule has 0 aliphatic heterocycles. The maximum Gasteiger partial charge on any atom is 0.434 e. The number of hydrogen-bond donors (Lipinski definition) is 3. The number of aromatic nitrogens is 4. The van der Waals surface area contributed by atoms with Gasteiger partial charge in [-0.25, -0.2) is 4.98 Å². The van der Waals surface area contributed by atoms with Crippen LogP contribution in [0.4, 0.5) is 19.0 Å². The van der Waals surface area contributed by atoms with Crippen molar-refractivity contribution in [3.05, 3.63) is 47.5 Å². The number of imidazole rings is 1. The van der Waals surface area contributed by atoms with Crippen LogP contribution in [0, 0.1) is 11.3 Å². The minimum Gasteiger partial charge on any atom is -0.368 e. The number of aromatic amines is 1. The van der Waals surface area contributed by atoms with Crippen molar-refractivity contribution in [2.24, 2.45) is 0 Å². The summed E-state index contributed by atoms with van der Waals surface area (Å²) in [6, 6.07) is 6.80. The number of amides is 1. The Labute approximate surface area is 169 Å². The summed E-state index contributed by atoms with van der Waals surface area (Å²) in [7, 11) is 0. The summed E-state index contributed by atoms with van der Waals surface area (Å²) in [6.45, 7) is 0. The molecule has 11 heteroatoms. The summed E-state index contributed by atoms with van der Waals surface area (Å²) in [5, 5.41) is 21.4. The lowest BCUT2D eigenvalue weighted by molar-refractivity contribution is -0.140. The van der Waals surface area contributed by atoms with Crippen molar-refractivity contribution < 1.29 is 18.0 Å². The summed E-state index contributed by atoms with van der Waals surface area (Å²) in [4.78, 5) is 16.0. The Bertz CT molecular complexity index is 1100. The van der Waals surface area contributed by atoms with E-state index < -0.39 is 11.9 Å². The molecule has 156 valence electrons. The highest BCUT2D eigenvalue weighted by atomic mass is 19.4. The third-order valence-electron chi connectivity index (χ3n) is 5.19. The summed E-state index contributed by atoms with van der Waals surface area (Å²) < 4.78 is 40.3. The van der Waals surface area contributed by atoms with Gasteiger partial charge < -0.3 is 10.6 Å². The average molecular weight is 417 g/mol. The second kappa shape index (κ2) is 7.70. The first-order chi connectivity index (χ1) is 14.3. The molecule has 0 bridgehead atoms. The van der Waals surface area contributed by atoms with Crippen LogP contribution in [0.5, 0.6) is 0 Å². The first-order valence-corrected chi connectivity index (χ1v) is 9.41. The van der Waals surface area contributed by atoms with Crippen LogP contribution in [0.1, 0.15) is 47.4 Å². The Morgan fingerprint density at radius 3 is 2.67 bits per heavy atom. The number of anilines is 1. The molecule has 0 aromatic carbocycles. The highest BCUT2D eigenvalue weighted by Crippen LogP contribution is 2.30. The molecule has 4 rings (SSSR count). The van der Waals surface area contributed by atoms with Crippen molar-refractivity contribution in [3.63, 3.8) is 0 Å². The van der Waals surface area contributed by atoms with E-state index in [1.165, 1.54) is 16.7 Å². The number of alkyl halides is 3. The number of H-pyrrole nitrogens is 1. The molecule has 3 aromatic rings. The molecule has 0 radical (unpaired) electrons. The van der Waals surface area contributed by atoms with Gasteiger partial charge >= 0.3 is 6.18 Å². The highest BCUT2D eigenvalue weighted by molar-refractivity contribution is 5.96. The lowest BCUT2D eigenvalue weighted by atomic mass is 9.91. The topological polar surface area (TPSA) is 111 Å². The maximum absolute atomic E-state index is 13.0. The lowest BCUT2D eigenvalue weighted by Gasteiger charge is -2.30. The number of pyridine rings is 1. The van der Waals surface area contributed by atoms with Crippen LogP contribution >= 0.6 is 0 Å². The Hall–Kier alpha value is -3.55. The summed E-state index contributed by atoms with van der Waals surface area (Å²) >= 11 is 0. The first-order valence-electron chi connectivity index (χ1n) is 9.41. The average Bonchev–Trinajstić information content (AvgIpc) is 3.36. The predicted octanol–water partition coefficient (Wildman–Crippen LogP) is 3.10. The van der Waals surface area contributed by atoms with Crippen LogP contribution in [0.2, 0.25) is 0 Å². The predicted molar refractivity (Wildman–Crippen MR) is 101 cm³/mol. The number of rotatable bonds is 4. The van der Waals surface area contributed by atoms with Gasteiger partial charge in [0.1, 0.15) is 23.2 Å². The third-order valence-corrected chi connectivity index (χ3v) is 5.19. The minimum atomic E-state index is -4.50. The van der Waals surface area contributed by atoms with E-state index in [0.29, 0.717) is 18.7 Å². The van der Waals surface area contributed by atoms with E-state index in [1.807, 2.05) is 6.07 Å². The summed E-state index contributed by atoms with van der Waals surface area (Å²) in [6.07, 6.45) is 0.689. The zero-order valence-electron chi connectivity index (χ0n) is 15.7. The van der Waals surface area contributed by atoms with Gasteiger partial charge in [-0.1, -0.05) is 6.07 Å². The Kier molecular flexibility index (Phi) is 5.07. The van der Waals surface area contributed by atoms with Crippen molar-refractivity contribution in [3.8, 4) is 6.07 Å². The van der Waals surface area contributed by atoms with Gasteiger partial charge in [-0.2, -0.15) is 23.5 Å². The zero-order chi connectivity index (χ0) is 21.3. The Morgan fingerprint density at radius 1 is 1.23 bits per heavy atom. The molecule has 8 nitrogen and oxygen atoms in total. The fraction of sp³-hybridized carbons (Fsp3) is 0.368. The van der Waals surface area contributed by atoms with Crippen LogP contribution in [0.25, 0.3) is 5.65 Å². The van der Waals surface area contributed by atoms with Crippen LogP contribution in [0.15, 0.2) is 30.6 Å². The fourth-order valence-electron chi connectivity index (χ4n) is 3.66. The van der Waals surface area contributed by atoms with Gasteiger partial charge in [-0.3, -0.25) is 14.3 Å². The standard InChI is InChI=1S/C19H18F3N7O/c20-19(21,22)15-10-29-16(2-1-3-17(29)27-15)25-11-4-6-12(7-5-11)26-18(30)13-9-24-28-14(13)8-23/h1-3,9-12,25H,4-7H2,(H,24,28)(H,26,30). The van der Waals surface area contributed by atoms with E-state index >= 15 is 0 Å². The number of nitriles is 1. The molecular formula is C19H18F3N7O. The number of halogens is 3. The van der Waals surface area contributed by atoms with Crippen molar-refractivity contribution >= 4 is 17.4 Å². The quantitative estimate of drug-likeness (QED) is 0.604. The van der Waals surface area contributed by atoms with Gasteiger partial charge in [0.05, 0.1) is 11.8 Å². The Balaban J connectivity index is 1.38. The minimum absolute atomic E-state index is 0.0436. The Morgan fingerprint density at radius 2 is 1.97 bits per heavy atom. The fourth-order valence-corrected chi connectivity index (χ4v) is 3.66. The number of fused-ring (bicyclic) bond motifs is 1. The van der Waals surface area contributed by atoms with Gasteiger partial charge in [0.25, 0.3) is 5.91 Å². The van der Waals surface area contributed by atoms with Gasteiger partial charge in [-0.15, -0.1) is 0 Å². The summed E-state index contributed by atoms with van der Waals surface area (Å²) in [5.41, 5.74) is -0.375. The van der Waals surface area contributed by atoms with Crippen molar-refractivity contribution in [2.75, 3.05) is 5.32 Å². The normalized spacial score (nSPS) is 19.4. The van der Waals surface area contributed by atoms with Crippen LogP contribution in [0.3, 0.4) is 0 Å². The number of carbonyl (C=O) groups excluding carboxylic acids is 1. The smallest absolute Gasteiger partial charge is 0.368 e. The largest absolute Gasteiger partial charge is 0.434 e. The van der Waals surface area contributed by atoms with Gasteiger partial charge in [-0.05, 0) is 37.8 Å². The van der Waals surface area contributed by atoms with E-state index in [1.54, 1.807) is 12.1 Å². The molecule has 0 spiro atoms. The van der Waals surface area contributed by atoms with E-state index in [2.05, 4.69) is 25.8 Å². The van der Waals surface area contributed by atoms with Crippen molar-refractivity contribution in [1.82, 2.24) is 24.9 Å². The van der Waals surface area contributed by atoms with Gasteiger partial charge in [0, 0.05) is 18.3 Å². The molecule has 0 atom stereocenters. The van der Waals surface area contributed by atoms with E-state index in [0.717, 1.165) is 19.0 Å². The SMILES string of the molecule is N#Cc1[nH]ncc1C(=O)NC1CCC(Nc2cccc3nc(C(F)(F)F)cn23)CC1. The maximum atomic E-state index is 13.0. The molecule has 1 aliphatic carbocycles. The molecule has 3 heterocycles. The highest BCUT2D eigenvalue weighted by Gasteiger charge is 2.34. The zero-order valence-corrected chi connectivity index (χ0v) is 15.7. The molecule has 1 amide bonds. The molecule has 1 saturated carbocycles. The third kappa shape index (κ3) is 3.94. The van der Waals surface area contributed by atoms with Crippen LogP contribution in [-0.2, 0) is 6.18 Å². The molecule has 30 heavy (non-hydrogen) atoms. The monoisotopic (exact) mass is 417 g/mol. The molecule has 1 aliphatic rings. The van der Waals surface area contributed by atoms with Crippen LogP contribution < -0.4 is 10.6 Å². The van der Waals surface area contributed by atoms with E-state index in [4.69, 9.17) is 5.26 Å². The van der Waals surface area contributed by atoms with Gasteiger partial charge in [0.2, 0.25) is 0 Å². The number of nitrogens with one attached hydrogen (secondary N) is 3. The van der Waals surface area contributed by atoms with E-state index in [9.17, 15) is 18.0 Å².